The Morgan fingerprint density at radius 1 is 1.50 bits per heavy atom. The second-order valence-corrected chi connectivity index (χ2v) is 5.02. The van der Waals surface area contributed by atoms with Crippen LogP contribution in [0, 0.1) is 5.92 Å². The minimum Gasteiger partial charge on any atom is -0.442 e. The summed E-state index contributed by atoms with van der Waals surface area (Å²) in [6.45, 7) is 3.86. The van der Waals surface area contributed by atoms with E-state index in [1.807, 2.05) is 19.1 Å². The lowest BCUT2D eigenvalue weighted by Gasteiger charge is -2.38. The molecule has 0 saturated carbocycles. The molecule has 1 fully saturated rings. The number of carbonyl (C=O) groups excluding carboxylic acids is 1. The van der Waals surface area contributed by atoms with Gasteiger partial charge >= 0.3 is 6.09 Å². The van der Waals surface area contributed by atoms with Crippen LogP contribution < -0.4 is 5.73 Å². The lowest BCUT2D eigenvalue weighted by molar-refractivity contribution is 0.0334. The summed E-state index contributed by atoms with van der Waals surface area (Å²) in [6.07, 6.45) is -0.547. The molecule has 1 aliphatic rings. The van der Waals surface area contributed by atoms with Crippen molar-refractivity contribution in [2.45, 2.75) is 13.0 Å². The summed E-state index contributed by atoms with van der Waals surface area (Å²) in [5.74, 6) is 0.420. The highest BCUT2D eigenvalue weighted by Crippen LogP contribution is 2.22. The van der Waals surface area contributed by atoms with Gasteiger partial charge in [-0.2, -0.15) is 0 Å². The quantitative estimate of drug-likeness (QED) is 0.916. The number of halogens is 1. The van der Waals surface area contributed by atoms with Gasteiger partial charge in [-0.1, -0.05) is 23.7 Å². The van der Waals surface area contributed by atoms with Gasteiger partial charge in [-0.05, 0) is 31.2 Å². The molecule has 1 saturated heterocycles. The molecule has 0 aromatic heterocycles. The number of ether oxygens (including phenoxy) is 1. The first kappa shape index (κ1) is 13.2. The second-order valence-electron chi connectivity index (χ2n) is 4.58. The second kappa shape index (κ2) is 5.59. The van der Waals surface area contributed by atoms with Crippen LogP contribution in [-0.2, 0) is 4.74 Å². The van der Waals surface area contributed by atoms with Crippen molar-refractivity contribution in [3.63, 3.8) is 0 Å². The van der Waals surface area contributed by atoms with Crippen LogP contribution >= 0.6 is 11.6 Å². The van der Waals surface area contributed by atoms with Crippen LogP contribution in [0.4, 0.5) is 4.79 Å². The first-order valence-corrected chi connectivity index (χ1v) is 6.39. The Kier molecular flexibility index (Phi) is 4.09. The van der Waals surface area contributed by atoms with Gasteiger partial charge in [0.15, 0.2) is 0 Å². The van der Waals surface area contributed by atoms with Crippen LogP contribution in [-0.4, -0.2) is 30.6 Å². The number of carbonyl (C=O) groups is 1. The third kappa shape index (κ3) is 2.94. The summed E-state index contributed by atoms with van der Waals surface area (Å²) in [7, 11) is 0. The van der Waals surface area contributed by atoms with E-state index in [9.17, 15) is 4.79 Å². The van der Waals surface area contributed by atoms with Crippen molar-refractivity contribution in [3.8, 4) is 0 Å². The number of likely N-dealkylation sites (tertiary alicyclic amines) is 1. The molecule has 18 heavy (non-hydrogen) atoms. The van der Waals surface area contributed by atoms with Crippen LogP contribution in [0.1, 0.15) is 18.6 Å². The van der Waals surface area contributed by atoms with E-state index in [2.05, 4.69) is 0 Å². The van der Waals surface area contributed by atoms with Gasteiger partial charge in [-0.3, -0.25) is 0 Å². The molecule has 98 valence electrons. The molecular weight excluding hydrogens is 252 g/mol. The van der Waals surface area contributed by atoms with E-state index >= 15 is 0 Å². The number of nitrogens with zero attached hydrogens (tertiary/aromatic N) is 1. The average Bonchev–Trinajstić information content (AvgIpc) is 2.28. The topological polar surface area (TPSA) is 55.6 Å². The Balaban J connectivity index is 1.86. The third-order valence-corrected chi connectivity index (χ3v) is 3.42. The molecule has 5 heteroatoms. The van der Waals surface area contributed by atoms with E-state index < -0.39 is 0 Å². The van der Waals surface area contributed by atoms with Crippen LogP contribution in [0.25, 0.3) is 0 Å². The molecule has 1 unspecified atom stereocenters. The van der Waals surface area contributed by atoms with Gasteiger partial charge in [0.2, 0.25) is 0 Å². The molecule has 1 heterocycles. The average molecular weight is 269 g/mol. The normalized spacial score (nSPS) is 17.2. The Hall–Kier alpha value is -1.26. The zero-order valence-corrected chi connectivity index (χ0v) is 11.1. The predicted molar refractivity (Wildman–Crippen MR) is 70.5 cm³/mol. The van der Waals surface area contributed by atoms with Crippen LogP contribution in [0.3, 0.4) is 0 Å². The van der Waals surface area contributed by atoms with E-state index in [1.165, 1.54) is 0 Å². The van der Waals surface area contributed by atoms with Gasteiger partial charge in [0.05, 0.1) is 0 Å². The maximum absolute atomic E-state index is 11.8. The summed E-state index contributed by atoms with van der Waals surface area (Å²) in [4.78, 5) is 13.4. The van der Waals surface area contributed by atoms with Gasteiger partial charge < -0.3 is 15.4 Å². The standard InChI is InChI=1S/C13H17ClN2O2/c1-9(11-2-4-12(14)5-3-11)18-13(17)16-7-10(6-15)8-16/h2-5,9-10H,6-8,15H2,1H3. The third-order valence-electron chi connectivity index (χ3n) is 3.17. The molecule has 1 aromatic rings. The largest absolute Gasteiger partial charge is 0.442 e. The maximum Gasteiger partial charge on any atom is 0.410 e. The molecule has 0 spiro atoms. The molecule has 1 amide bonds. The Bertz CT molecular complexity index is 416. The fourth-order valence-corrected chi connectivity index (χ4v) is 2.02. The van der Waals surface area contributed by atoms with Gasteiger partial charge in [-0.15, -0.1) is 0 Å². The smallest absolute Gasteiger partial charge is 0.410 e. The van der Waals surface area contributed by atoms with Crippen LogP contribution in [0.5, 0.6) is 0 Å². The van der Waals surface area contributed by atoms with Crippen molar-refractivity contribution in [2.75, 3.05) is 19.6 Å². The van der Waals surface area contributed by atoms with E-state index in [1.54, 1.807) is 17.0 Å². The van der Waals surface area contributed by atoms with Crippen molar-refractivity contribution >= 4 is 17.7 Å². The molecule has 1 atom stereocenters. The highest BCUT2D eigenvalue weighted by molar-refractivity contribution is 6.30. The fourth-order valence-electron chi connectivity index (χ4n) is 1.90. The van der Waals surface area contributed by atoms with Crippen LogP contribution in [0.2, 0.25) is 5.02 Å². The Morgan fingerprint density at radius 2 is 2.11 bits per heavy atom. The number of rotatable bonds is 3. The summed E-state index contributed by atoms with van der Waals surface area (Å²) in [5.41, 5.74) is 6.45. The predicted octanol–water partition coefficient (Wildman–Crippen LogP) is 2.43. The van der Waals surface area contributed by atoms with Crippen molar-refractivity contribution in [3.05, 3.63) is 34.9 Å². The molecular formula is C13H17ClN2O2. The van der Waals surface area contributed by atoms with Gasteiger partial charge in [-0.25, -0.2) is 4.79 Å². The van der Waals surface area contributed by atoms with Crippen molar-refractivity contribution in [1.82, 2.24) is 4.90 Å². The van der Waals surface area contributed by atoms with E-state index in [4.69, 9.17) is 22.1 Å². The lowest BCUT2D eigenvalue weighted by atomic mass is 10.0. The summed E-state index contributed by atoms with van der Waals surface area (Å²) < 4.78 is 5.38. The molecule has 1 aromatic carbocycles. The number of amides is 1. The van der Waals surface area contributed by atoms with E-state index in [0.29, 0.717) is 30.6 Å². The van der Waals surface area contributed by atoms with Crippen LogP contribution in [0.15, 0.2) is 24.3 Å². The molecule has 0 bridgehead atoms. The zero-order valence-electron chi connectivity index (χ0n) is 10.3. The number of hydrogen-bond acceptors (Lipinski definition) is 3. The highest BCUT2D eigenvalue weighted by Gasteiger charge is 2.31. The molecule has 2 N–H and O–H groups in total. The minimum atomic E-state index is -0.276. The van der Waals surface area contributed by atoms with Crippen molar-refractivity contribution in [2.24, 2.45) is 11.7 Å². The maximum atomic E-state index is 11.8. The molecule has 4 nitrogen and oxygen atoms in total. The SMILES string of the molecule is CC(OC(=O)N1CC(CN)C1)c1ccc(Cl)cc1. The number of benzene rings is 1. The first-order chi connectivity index (χ1) is 8.60. The van der Waals surface area contributed by atoms with E-state index in [0.717, 1.165) is 5.56 Å². The Morgan fingerprint density at radius 3 is 2.67 bits per heavy atom. The molecule has 1 aliphatic heterocycles. The zero-order chi connectivity index (χ0) is 13.1. The summed E-state index contributed by atoms with van der Waals surface area (Å²) >= 11 is 5.81. The van der Waals surface area contributed by atoms with Gasteiger partial charge in [0.25, 0.3) is 0 Å². The minimum absolute atomic E-state index is 0.272. The first-order valence-electron chi connectivity index (χ1n) is 6.01. The van der Waals surface area contributed by atoms with Gasteiger partial charge in [0.1, 0.15) is 6.10 Å². The summed E-state index contributed by atoms with van der Waals surface area (Å²) in [5, 5.41) is 0.672. The monoisotopic (exact) mass is 268 g/mol. The van der Waals surface area contributed by atoms with Crippen molar-refractivity contribution in [1.29, 1.82) is 0 Å². The van der Waals surface area contributed by atoms with Crippen molar-refractivity contribution < 1.29 is 9.53 Å². The summed E-state index contributed by atoms with van der Waals surface area (Å²) in [6, 6.07) is 7.29. The number of hydrogen-bond donors (Lipinski definition) is 1. The number of nitrogens with two attached hydrogens (primary N) is 1. The fraction of sp³-hybridized carbons (Fsp3) is 0.462. The van der Waals surface area contributed by atoms with E-state index in [-0.39, 0.29) is 12.2 Å². The molecule has 0 radical (unpaired) electrons. The lowest BCUT2D eigenvalue weighted by Crippen LogP contribution is -2.52. The highest BCUT2D eigenvalue weighted by atomic mass is 35.5. The molecule has 2 rings (SSSR count). The van der Waals surface area contributed by atoms with Gasteiger partial charge in [0, 0.05) is 24.0 Å². The molecule has 0 aliphatic carbocycles. The Labute approximate surface area is 112 Å².